The minimum Gasteiger partial charge on any atom is -0.497 e. The number of benzene rings is 8. The van der Waals surface area contributed by atoms with Crippen LogP contribution in [0.15, 0.2) is 170 Å². The zero-order valence-electron chi connectivity index (χ0n) is 25.7. The van der Waals surface area contributed by atoms with Crippen molar-refractivity contribution in [2.45, 2.75) is 0 Å². The molecule has 0 bridgehead atoms. The summed E-state index contributed by atoms with van der Waals surface area (Å²) in [7, 11) is 1.71. The van der Waals surface area contributed by atoms with Gasteiger partial charge in [-0.2, -0.15) is 0 Å². The number of fused-ring (bicyclic) bond motifs is 3. The maximum atomic E-state index is 5.46. The van der Waals surface area contributed by atoms with Gasteiger partial charge < -0.3 is 4.74 Å². The summed E-state index contributed by atoms with van der Waals surface area (Å²) in [6, 6.07) is 61.0. The summed E-state index contributed by atoms with van der Waals surface area (Å²) in [6.45, 7) is 0. The van der Waals surface area contributed by atoms with Crippen LogP contribution in [0.1, 0.15) is 16.7 Å². The van der Waals surface area contributed by atoms with E-state index in [4.69, 9.17) is 4.74 Å². The normalized spacial score (nSPS) is 11.7. The highest BCUT2D eigenvalue weighted by atomic mass is 16.5. The summed E-state index contributed by atoms with van der Waals surface area (Å²) < 4.78 is 5.46. The molecular weight excluding hydrogens is 556 g/mol. The van der Waals surface area contributed by atoms with Gasteiger partial charge in [0.1, 0.15) is 5.75 Å². The molecule has 0 aliphatic rings. The first kappa shape index (κ1) is 27.6. The van der Waals surface area contributed by atoms with E-state index in [1.807, 2.05) is 12.1 Å². The number of methoxy groups -OCH3 is 1. The monoisotopic (exact) mass is 588 g/mol. The first-order chi connectivity index (χ1) is 22.8. The highest BCUT2D eigenvalue weighted by molar-refractivity contribution is 6.21. The van der Waals surface area contributed by atoms with Crippen LogP contribution in [0.3, 0.4) is 0 Å². The lowest BCUT2D eigenvalue weighted by atomic mass is 9.86. The standard InChI is InChI=1S/C45H32O/c1-46-38-27-25-33(26-28-38)43(37-24-23-32-11-5-6-14-36(32)30-37)29-31-19-21-35(22-20-31)45-41-17-9-7-15-39(41)44(34-12-3-2-4-13-34)40-16-8-10-18-42(40)45/h2-30H,1H3/b43-29-. The molecule has 0 atom stereocenters. The topological polar surface area (TPSA) is 9.23 Å². The smallest absolute Gasteiger partial charge is 0.118 e. The van der Waals surface area contributed by atoms with E-state index in [0.29, 0.717) is 0 Å². The Morgan fingerprint density at radius 1 is 0.435 bits per heavy atom. The molecule has 46 heavy (non-hydrogen) atoms. The number of rotatable bonds is 6. The SMILES string of the molecule is COc1ccc(/C(=C/c2ccc(-c3c4ccccc4c(-c4ccccc4)c4ccccc34)cc2)c2ccc3ccccc3c2)cc1. The average molecular weight is 589 g/mol. The van der Waals surface area contributed by atoms with Gasteiger partial charge >= 0.3 is 0 Å². The molecule has 0 unspecified atom stereocenters. The highest BCUT2D eigenvalue weighted by Gasteiger charge is 2.16. The minimum absolute atomic E-state index is 0.851. The van der Waals surface area contributed by atoms with E-state index in [9.17, 15) is 0 Å². The number of ether oxygens (including phenoxy) is 1. The van der Waals surface area contributed by atoms with Crippen molar-refractivity contribution >= 4 is 44.0 Å². The van der Waals surface area contributed by atoms with Crippen molar-refractivity contribution in [1.82, 2.24) is 0 Å². The van der Waals surface area contributed by atoms with Crippen molar-refractivity contribution in [3.63, 3.8) is 0 Å². The molecule has 0 aliphatic carbocycles. The van der Waals surface area contributed by atoms with Crippen LogP contribution in [-0.4, -0.2) is 7.11 Å². The lowest BCUT2D eigenvalue weighted by molar-refractivity contribution is 0.415. The molecule has 0 aromatic heterocycles. The maximum absolute atomic E-state index is 5.46. The summed E-state index contributed by atoms with van der Waals surface area (Å²) in [5.41, 5.74) is 9.65. The summed E-state index contributed by atoms with van der Waals surface area (Å²) in [4.78, 5) is 0. The molecule has 218 valence electrons. The maximum Gasteiger partial charge on any atom is 0.118 e. The van der Waals surface area contributed by atoms with Gasteiger partial charge in [0, 0.05) is 0 Å². The van der Waals surface area contributed by atoms with E-state index in [0.717, 1.165) is 16.9 Å². The van der Waals surface area contributed by atoms with Crippen LogP contribution in [0.25, 0.3) is 66.2 Å². The molecular formula is C45H32O. The fourth-order valence-electron chi connectivity index (χ4n) is 6.73. The first-order valence-corrected chi connectivity index (χ1v) is 15.7. The zero-order chi connectivity index (χ0) is 30.9. The van der Waals surface area contributed by atoms with Gasteiger partial charge in [-0.1, -0.05) is 152 Å². The molecule has 8 aromatic rings. The van der Waals surface area contributed by atoms with Crippen LogP contribution in [0, 0.1) is 0 Å². The quantitative estimate of drug-likeness (QED) is 0.139. The molecule has 0 spiro atoms. The predicted octanol–water partition coefficient (Wildman–Crippen LogP) is 12.1. The molecule has 0 fully saturated rings. The van der Waals surface area contributed by atoms with Gasteiger partial charge in [0.25, 0.3) is 0 Å². The van der Waals surface area contributed by atoms with E-state index in [1.165, 1.54) is 65.7 Å². The van der Waals surface area contributed by atoms with Gasteiger partial charge in [0.2, 0.25) is 0 Å². The second kappa shape index (κ2) is 11.9. The fourth-order valence-corrected chi connectivity index (χ4v) is 6.73. The van der Waals surface area contributed by atoms with Crippen LogP contribution < -0.4 is 4.74 Å². The van der Waals surface area contributed by atoms with Crippen molar-refractivity contribution < 1.29 is 4.74 Å². The average Bonchev–Trinajstić information content (AvgIpc) is 3.13. The summed E-state index contributed by atoms with van der Waals surface area (Å²) >= 11 is 0. The molecule has 8 rings (SSSR count). The molecule has 0 heterocycles. The third-order valence-electron chi connectivity index (χ3n) is 8.97. The highest BCUT2D eigenvalue weighted by Crippen LogP contribution is 2.43. The zero-order valence-corrected chi connectivity index (χ0v) is 25.7. The van der Waals surface area contributed by atoms with Crippen LogP contribution in [-0.2, 0) is 0 Å². The second-order valence-electron chi connectivity index (χ2n) is 11.7. The van der Waals surface area contributed by atoms with E-state index in [-0.39, 0.29) is 0 Å². The Hall–Kier alpha value is -5.92. The molecule has 0 N–H and O–H groups in total. The Morgan fingerprint density at radius 2 is 0.935 bits per heavy atom. The Bertz CT molecular complexity index is 2310. The summed E-state index contributed by atoms with van der Waals surface area (Å²) in [5.74, 6) is 0.851. The van der Waals surface area contributed by atoms with Crippen molar-refractivity contribution in [3.8, 4) is 28.0 Å². The van der Waals surface area contributed by atoms with Crippen molar-refractivity contribution in [2.24, 2.45) is 0 Å². The van der Waals surface area contributed by atoms with Gasteiger partial charge in [0.15, 0.2) is 0 Å². The van der Waals surface area contributed by atoms with Crippen LogP contribution in [0.4, 0.5) is 0 Å². The third kappa shape index (κ3) is 5.02. The molecule has 0 radical (unpaired) electrons. The lowest BCUT2D eigenvalue weighted by Crippen LogP contribution is -1.91. The third-order valence-corrected chi connectivity index (χ3v) is 8.97. The lowest BCUT2D eigenvalue weighted by Gasteiger charge is -2.18. The van der Waals surface area contributed by atoms with Gasteiger partial charge in [-0.25, -0.2) is 0 Å². The van der Waals surface area contributed by atoms with Crippen molar-refractivity contribution in [3.05, 3.63) is 187 Å². The molecule has 0 saturated heterocycles. The van der Waals surface area contributed by atoms with E-state index >= 15 is 0 Å². The van der Waals surface area contributed by atoms with Gasteiger partial charge in [-0.15, -0.1) is 0 Å². The second-order valence-corrected chi connectivity index (χ2v) is 11.7. The van der Waals surface area contributed by atoms with Crippen LogP contribution >= 0.6 is 0 Å². The molecule has 0 aliphatic heterocycles. The van der Waals surface area contributed by atoms with Crippen molar-refractivity contribution in [2.75, 3.05) is 7.11 Å². The Morgan fingerprint density at radius 3 is 1.52 bits per heavy atom. The Kier molecular flexibility index (Phi) is 7.13. The molecule has 1 nitrogen and oxygen atoms in total. The molecule has 1 heteroatoms. The van der Waals surface area contributed by atoms with Gasteiger partial charge in [-0.05, 0) is 101 Å². The van der Waals surface area contributed by atoms with E-state index < -0.39 is 0 Å². The van der Waals surface area contributed by atoms with Crippen molar-refractivity contribution in [1.29, 1.82) is 0 Å². The molecule has 8 aromatic carbocycles. The first-order valence-electron chi connectivity index (χ1n) is 15.7. The van der Waals surface area contributed by atoms with E-state index in [1.54, 1.807) is 7.11 Å². The number of hydrogen-bond acceptors (Lipinski definition) is 1. The molecule has 0 saturated carbocycles. The van der Waals surface area contributed by atoms with Gasteiger partial charge in [0.05, 0.1) is 7.11 Å². The van der Waals surface area contributed by atoms with Crippen LogP contribution in [0.2, 0.25) is 0 Å². The number of hydrogen-bond donors (Lipinski definition) is 0. The fraction of sp³-hybridized carbons (Fsp3) is 0.0222. The Balaban J connectivity index is 1.28. The van der Waals surface area contributed by atoms with Crippen LogP contribution in [0.5, 0.6) is 5.75 Å². The summed E-state index contributed by atoms with van der Waals surface area (Å²) in [5, 5.41) is 7.53. The summed E-state index contributed by atoms with van der Waals surface area (Å²) in [6.07, 6.45) is 2.30. The molecule has 0 amide bonds. The minimum atomic E-state index is 0.851. The largest absolute Gasteiger partial charge is 0.497 e. The Labute approximate surface area is 269 Å². The van der Waals surface area contributed by atoms with Gasteiger partial charge in [-0.3, -0.25) is 0 Å². The van der Waals surface area contributed by atoms with E-state index in [2.05, 4.69) is 164 Å². The predicted molar refractivity (Wildman–Crippen MR) is 196 cm³/mol.